The van der Waals surface area contributed by atoms with Crippen LogP contribution in [0.1, 0.15) is 24.0 Å². The van der Waals surface area contributed by atoms with Crippen molar-refractivity contribution in [3.8, 4) is 0 Å². The van der Waals surface area contributed by atoms with E-state index in [0.29, 0.717) is 31.3 Å². The van der Waals surface area contributed by atoms with Crippen LogP contribution in [0.15, 0.2) is 30.6 Å². The number of benzene rings is 1. The number of nitrogens with two attached hydrogens (primary N) is 1. The van der Waals surface area contributed by atoms with Gasteiger partial charge in [0.1, 0.15) is 0 Å². The van der Waals surface area contributed by atoms with E-state index in [1.807, 2.05) is 4.90 Å². The van der Waals surface area contributed by atoms with Crippen LogP contribution in [0.2, 0.25) is 0 Å². The first-order chi connectivity index (χ1) is 11.9. The molecule has 5 nitrogen and oxygen atoms in total. The molecule has 1 aliphatic heterocycles. The average molecular weight is 354 g/mol. The highest BCUT2D eigenvalue weighted by molar-refractivity contribution is 5.57. The summed E-state index contributed by atoms with van der Waals surface area (Å²) in [5, 5.41) is 0. The molecule has 136 valence electrons. The molecule has 25 heavy (non-hydrogen) atoms. The van der Waals surface area contributed by atoms with Crippen LogP contribution >= 0.6 is 0 Å². The first-order valence-corrected chi connectivity index (χ1v) is 8.13. The summed E-state index contributed by atoms with van der Waals surface area (Å²) in [6, 6.07) is 3.88. The first-order valence-electron chi connectivity index (χ1n) is 8.13. The number of rotatable bonds is 4. The summed E-state index contributed by atoms with van der Waals surface area (Å²) < 4.78 is 46.5. The number of anilines is 2. The Bertz CT molecular complexity index is 721. The van der Waals surface area contributed by atoms with Crippen molar-refractivity contribution in [3.63, 3.8) is 0 Å². The van der Waals surface area contributed by atoms with Gasteiger partial charge in [0.25, 0.3) is 0 Å². The molecule has 0 aliphatic carbocycles. The second-order valence-electron chi connectivity index (χ2n) is 6.18. The van der Waals surface area contributed by atoms with Gasteiger partial charge in [-0.15, -0.1) is 0 Å². The van der Waals surface area contributed by atoms with Gasteiger partial charge >= 0.3 is 6.18 Å². The number of ether oxygens (including phenoxy) is 1. The van der Waals surface area contributed by atoms with E-state index in [2.05, 4.69) is 4.98 Å². The van der Waals surface area contributed by atoms with Gasteiger partial charge in [0.05, 0.1) is 18.2 Å². The monoisotopic (exact) mass is 354 g/mol. The molecule has 1 aromatic heterocycles. The molecule has 1 aromatic carbocycles. The molecule has 8 heteroatoms. The minimum Gasteiger partial charge on any atom is -0.381 e. The van der Waals surface area contributed by atoms with E-state index < -0.39 is 11.7 Å². The van der Waals surface area contributed by atoms with Gasteiger partial charge in [-0.1, -0.05) is 6.07 Å². The normalized spacial score (nSPS) is 16.4. The largest absolute Gasteiger partial charge is 0.416 e. The van der Waals surface area contributed by atoms with E-state index in [1.165, 1.54) is 12.1 Å². The molecular weight excluding hydrogens is 333 g/mol. The number of methoxy groups -OCH3 is 1. The quantitative estimate of drug-likeness (QED) is 0.916. The maximum absolute atomic E-state index is 13.2. The van der Waals surface area contributed by atoms with Gasteiger partial charge in [-0.25, -0.2) is 4.98 Å². The summed E-state index contributed by atoms with van der Waals surface area (Å²) >= 11 is 0. The van der Waals surface area contributed by atoms with E-state index in [4.69, 9.17) is 10.5 Å². The molecule has 0 spiro atoms. The third-order valence-electron chi connectivity index (χ3n) is 4.62. The molecule has 1 aliphatic rings. The molecule has 0 saturated carbocycles. The van der Waals surface area contributed by atoms with Gasteiger partial charge in [-0.3, -0.25) is 0 Å². The van der Waals surface area contributed by atoms with Crippen molar-refractivity contribution < 1.29 is 17.9 Å². The smallest absolute Gasteiger partial charge is 0.381 e. The van der Waals surface area contributed by atoms with Crippen molar-refractivity contribution in [2.45, 2.75) is 31.7 Å². The number of hydrogen-bond acceptors (Lipinski definition) is 4. The molecular formula is C17H21F3N4O. The highest BCUT2D eigenvalue weighted by Gasteiger charge is 2.32. The Balaban J connectivity index is 1.92. The van der Waals surface area contributed by atoms with Crippen molar-refractivity contribution in [2.75, 3.05) is 30.8 Å². The Morgan fingerprint density at radius 2 is 2.00 bits per heavy atom. The summed E-state index contributed by atoms with van der Waals surface area (Å²) in [5.41, 5.74) is 6.53. The maximum Gasteiger partial charge on any atom is 0.416 e. The number of alkyl halides is 3. The summed E-state index contributed by atoms with van der Waals surface area (Å²) in [6.07, 6.45) is 0.664. The molecule has 0 bridgehead atoms. The van der Waals surface area contributed by atoms with E-state index in [0.717, 1.165) is 24.5 Å². The van der Waals surface area contributed by atoms with Crippen LogP contribution in [-0.4, -0.2) is 35.9 Å². The van der Waals surface area contributed by atoms with Gasteiger partial charge in [0.15, 0.2) is 5.95 Å². The summed E-state index contributed by atoms with van der Waals surface area (Å²) in [6.45, 7) is 1.70. The second-order valence-corrected chi connectivity index (χ2v) is 6.18. The number of hydrogen-bond donors (Lipinski definition) is 1. The predicted molar refractivity (Wildman–Crippen MR) is 89.4 cm³/mol. The minimum atomic E-state index is -4.37. The number of nitrogens with zero attached hydrogens (tertiary/aromatic N) is 3. The van der Waals surface area contributed by atoms with Crippen LogP contribution in [0.4, 0.5) is 24.8 Å². The second kappa shape index (κ2) is 6.95. The Kier molecular flexibility index (Phi) is 4.89. The minimum absolute atomic E-state index is 0.162. The Hall–Kier alpha value is -2.22. The molecule has 0 amide bonds. The van der Waals surface area contributed by atoms with Crippen LogP contribution in [0, 0.1) is 0 Å². The molecule has 2 aromatic rings. The van der Waals surface area contributed by atoms with Crippen molar-refractivity contribution in [1.29, 1.82) is 0 Å². The van der Waals surface area contributed by atoms with Crippen LogP contribution in [-0.2, 0) is 17.5 Å². The third kappa shape index (κ3) is 3.89. The van der Waals surface area contributed by atoms with Gasteiger partial charge in [0.2, 0.25) is 0 Å². The third-order valence-corrected chi connectivity index (χ3v) is 4.62. The lowest BCUT2D eigenvalue weighted by Crippen LogP contribution is -2.37. The molecule has 2 N–H and O–H groups in total. The van der Waals surface area contributed by atoms with Gasteiger partial charge < -0.3 is 19.9 Å². The fourth-order valence-electron chi connectivity index (χ4n) is 3.16. The first kappa shape index (κ1) is 17.6. The van der Waals surface area contributed by atoms with Gasteiger partial charge in [0, 0.05) is 38.3 Å². The molecule has 0 unspecified atom stereocenters. The van der Waals surface area contributed by atoms with Gasteiger partial charge in [-0.2, -0.15) is 13.2 Å². The lowest BCUT2D eigenvalue weighted by molar-refractivity contribution is -0.137. The predicted octanol–water partition coefficient (Wildman–Crippen LogP) is 3.15. The summed E-state index contributed by atoms with van der Waals surface area (Å²) in [5.74, 6) is 0.337. The van der Waals surface area contributed by atoms with Crippen LogP contribution in [0.5, 0.6) is 0 Å². The van der Waals surface area contributed by atoms with Crippen LogP contribution in [0.25, 0.3) is 0 Å². The lowest BCUT2D eigenvalue weighted by atomic mass is 10.0. The zero-order valence-corrected chi connectivity index (χ0v) is 14.0. The number of halogens is 3. The molecule has 3 rings (SSSR count). The Morgan fingerprint density at radius 1 is 1.28 bits per heavy atom. The summed E-state index contributed by atoms with van der Waals surface area (Å²) in [7, 11) is 1.66. The van der Waals surface area contributed by atoms with E-state index >= 15 is 0 Å². The number of piperidine rings is 1. The molecule has 1 saturated heterocycles. The number of imidazole rings is 1. The Morgan fingerprint density at radius 3 is 2.56 bits per heavy atom. The van der Waals surface area contributed by atoms with Crippen LogP contribution in [0.3, 0.4) is 0 Å². The summed E-state index contributed by atoms with van der Waals surface area (Å²) in [4.78, 5) is 5.96. The highest BCUT2D eigenvalue weighted by atomic mass is 19.4. The SMILES string of the molecule is COC1CCN(c2cc(C(F)(F)F)ccc2Cn2ccnc2N)CC1. The average Bonchev–Trinajstić information content (AvgIpc) is 2.99. The fourth-order valence-corrected chi connectivity index (χ4v) is 3.16. The van der Waals surface area contributed by atoms with Crippen molar-refractivity contribution >= 4 is 11.6 Å². The van der Waals surface area contributed by atoms with Gasteiger partial charge in [-0.05, 0) is 30.5 Å². The van der Waals surface area contributed by atoms with E-state index in [9.17, 15) is 13.2 Å². The molecule has 1 fully saturated rings. The van der Waals surface area contributed by atoms with Crippen molar-refractivity contribution in [1.82, 2.24) is 9.55 Å². The van der Waals surface area contributed by atoms with E-state index in [1.54, 1.807) is 24.1 Å². The number of nitrogen functional groups attached to an aromatic ring is 1. The maximum atomic E-state index is 13.2. The zero-order valence-electron chi connectivity index (χ0n) is 14.0. The molecule has 0 atom stereocenters. The molecule has 2 heterocycles. The fraction of sp³-hybridized carbons (Fsp3) is 0.471. The lowest BCUT2D eigenvalue weighted by Gasteiger charge is -2.34. The topological polar surface area (TPSA) is 56.3 Å². The molecule has 0 radical (unpaired) electrons. The standard InChI is InChI=1S/C17H21F3N4O/c1-25-14-4-7-23(8-5-14)15-10-13(17(18,19)20)3-2-12(15)11-24-9-6-22-16(24)21/h2-3,6,9-10,14H,4-5,7-8,11H2,1H3,(H2,21,22). The number of aromatic nitrogens is 2. The Labute approximate surface area is 144 Å². The van der Waals surface area contributed by atoms with Crippen molar-refractivity contribution in [2.24, 2.45) is 0 Å². The zero-order chi connectivity index (χ0) is 18.0. The highest BCUT2D eigenvalue weighted by Crippen LogP contribution is 2.35. The van der Waals surface area contributed by atoms with E-state index in [-0.39, 0.29) is 6.10 Å². The van der Waals surface area contributed by atoms with Crippen LogP contribution < -0.4 is 10.6 Å². The van der Waals surface area contributed by atoms with Crippen molar-refractivity contribution in [3.05, 3.63) is 41.7 Å².